The van der Waals surface area contributed by atoms with Crippen molar-refractivity contribution in [2.45, 2.75) is 6.92 Å². The van der Waals surface area contributed by atoms with Gasteiger partial charge in [0, 0.05) is 30.7 Å². The van der Waals surface area contributed by atoms with Crippen molar-refractivity contribution in [1.82, 2.24) is 9.97 Å². The second-order valence-corrected chi connectivity index (χ2v) is 3.91. The smallest absolute Gasteiger partial charge is 0.326 e. The van der Waals surface area contributed by atoms with E-state index in [1.165, 1.54) is 19.3 Å². The van der Waals surface area contributed by atoms with E-state index in [4.69, 9.17) is 0 Å². The summed E-state index contributed by atoms with van der Waals surface area (Å²) in [5.74, 6) is 0.0345. The average molecular weight is 271 g/mol. The number of aromatic nitrogens is 2. The predicted molar refractivity (Wildman–Crippen MR) is 75.4 cm³/mol. The molecule has 0 radical (unpaired) electrons. The predicted octanol–water partition coefficient (Wildman–Crippen LogP) is 2.08. The normalized spacial score (nSPS) is 9.65. The maximum Gasteiger partial charge on any atom is 0.326 e. The van der Waals surface area contributed by atoms with Crippen LogP contribution >= 0.6 is 0 Å². The van der Waals surface area contributed by atoms with Gasteiger partial charge in [0.2, 0.25) is 11.9 Å². The topological polar surface area (TPSA) is 96.0 Å². The average Bonchev–Trinajstić information content (AvgIpc) is 2.39. The second-order valence-electron chi connectivity index (χ2n) is 3.91. The third-order valence-corrected chi connectivity index (χ3v) is 2.23. The van der Waals surface area contributed by atoms with Gasteiger partial charge in [-0.1, -0.05) is 6.07 Å². The number of urea groups is 1. The first-order chi connectivity index (χ1) is 9.63. The third kappa shape index (κ3) is 4.05. The minimum Gasteiger partial charge on any atom is -0.326 e. The van der Waals surface area contributed by atoms with Crippen LogP contribution in [-0.4, -0.2) is 21.9 Å². The lowest BCUT2D eigenvalue weighted by Crippen LogP contribution is -2.20. The van der Waals surface area contributed by atoms with Crippen molar-refractivity contribution in [3.05, 3.63) is 42.7 Å². The summed E-state index contributed by atoms with van der Waals surface area (Å²) in [7, 11) is 0. The number of carbonyl (C=O) groups excluding carboxylic acids is 2. The van der Waals surface area contributed by atoms with E-state index in [2.05, 4.69) is 25.9 Å². The van der Waals surface area contributed by atoms with Gasteiger partial charge in [-0.3, -0.25) is 10.1 Å². The Balaban J connectivity index is 1.99. The molecule has 1 aromatic heterocycles. The Kier molecular flexibility index (Phi) is 4.23. The van der Waals surface area contributed by atoms with Crippen molar-refractivity contribution in [1.29, 1.82) is 0 Å². The molecular weight excluding hydrogens is 258 g/mol. The van der Waals surface area contributed by atoms with Crippen LogP contribution < -0.4 is 16.0 Å². The van der Waals surface area contributed by atoms with Gasteiger partial charge in [-0.2, -0.15) is 0 Å². The molecule has 0 atom stereocenters. The van der Waals surface area contributed by atoms with E-state index in [9.17, 15) is 9.59 Å². The SMILES string of the molecule is CC(=O)Nc1cccc(NC(=O)Nc2ncccn2)c1. The monoisotopic (exact) mass is 271 g/mol. The number of nitrogens with zero attached hydrogens (tertiary/aromatic N) is 2. The number of hydrogen-bond donors (Lipinski definition) is 3. The molecule has 0 spiro atoms. The van der Waals surface area contributed by atoms with Crippen LogP contribution in [-0.2, 0) is 4.79 Å². The minimum atomic E-state index is -0.462. The van der Waals surface area contributed by atoms with E-state index in [0.29, 0.717) is 11.4 Å². The lowest BCUT2D eigenvalue weighted by Gasteiger charge is -2.08. The summed E-state index contributed by atoms with van der Waals surface area (Å²) in [6, 6.07) is 7.99. The van der Waals surface area contributed by atoms with Crippen LogP contribution in [0.2, 0.25) is 0 Å². The van der Waals surface area contributed by atoms with Crippen LogP contribution in [0.25, 0.3) is 0 Å². The van der Waals surface area contributed by atoms with E-state index in [0.717, 1.165) is 0 Å². The number of carbonyl (C=O) groups is 2. The zero-order chi connectivity index (χ0) is 14.4. The highest BCUT2D eigenvalue weighted by molar-refractivity contribution is 5.99. The molecular formula is C13H13N5O2. The lowest BCUT2D eigenvalue weighted by atomic mass is 10.3. The van der Waals surface area contributed by atoms with Crippen LogP contribution in [0.3, 0.4) is 0 Å². The van der Waals surface area contributed by atoms with Crippen LogP contribution in [0.5, 0.6) is 0 Å². The maximum absolute atomic E-state index is 11.7. The highest BCUT2D eigenvalue weighted by Crippen LogP contribution is 2.15. The molecule has 2 aromatic rings. The van der Waals surface area contributed by atoms with E-state index in [1.807, 2.05) is 0 Å². The molecule has 7 heteroatoms. The molecule has 102 valence electrons. The van der Waals surface area contributed by atoms with Gasteiger partial charge in [-0.15, -0.1) is 0 Å². The molecule has 1 heterocycles. The van der Waals surface area contributed by atoms with E-state index < -0.39 is 6.03 Å². The molecule has 0 fully saturated rings. The first-order valence-electron chi connectivity index (χ1n) is 5.86. The first kappa shape index (κ1) is 13.5. The molecule has 0 aliphatic rings. The van der Waals surface area contributed by atoms with Crippen molar-refractivity contribution < 1.29 is 9.59 Å². The standard InChI is InChI=1S/C13H13N5O2/c1-9(19)16-10-4-2-5-11(8-10)17-13(20)18-12-14-6-3-7-15-12/h2-8H,1H3,(H,16,19)(H2,14,15,17,18,20). The summed E-state index contributed by atoms with van der Waals surface area (Å²) >= 11 is 0. The summed E-state index contributed by atoms with van der Waals surface area (Å²) in [6.07, 6.45) is 3.06. The summed E-state index contributed by atoms with van der Waals surface area (Å²) in [4.78, 5) is 30.4. The molecule has 0 bridgehead atoms. The summed E-state index contributed by atoms with van der Waals surface area (Å²) in [6.45, 7) is 1.42. The Morgan fingerprint density at radius 1 is 0.950 bits per heavy atom. The van der Waals surface area contributed by atoms with Gasteiger partial charge in [-0.05, 0) is 24.3 Å². The van der Waals surface area contributed by atoms with E-state index in [-0.39, 0.29) is 11.9 Å². The Hall–Kier alpha value is -2.96. The molecule has 0 aliphatic carbocycles. The number of benzene rings is 1. The zero-order valence-electron chi connectivity index (χ0n) is 10.8. The van der Waals surface area contributed by atoms with Crippen LogP contribution in [0, 0.1) is 0 Å². The van der Waals surface area contributed by atoms with Gasteiger partial charge in [-0.25, -0.2) is 14.8 Å². The fraction of sp³-hybridized carbons (Fsp3) is 0.0769. The zero-order valence-corrected chi connectivity index (χ0v) is 10.8. The number of amides is 3. The fourth-order valence-electron chi connectivity index (χ4n) is 1.51. The molecule has 0 saturated carbocycles. The number of nitrogens with one attached hydrogen (secondary N) is 3. The second kappa shape index (κ2) is 6.28. The van der Waals surface area contributed by atoms with Crippen molar-refractivity contribution in [2.75, 3.05) is 16.0 Å². The highest BCUT2D eigenvalue weighted by Gasteiger charge is 2.04. The minimum absolute atomic E-state index is 0.177. The highest BCUT2D eigenvalue weighted by atomic mass is 16.2. The van der Waals surface area contributed by atoms with Gasteiger partial charge in [0.1, 0.15) is 0 Å². The molecule has 2 rings (SSSR count). The fourth-order valence-corrected chi connectivity index (χ4v) is 1.51. The van der Waals surface area contributed by atoms with E-state index >= 15 is 0 Å². The molecule has 0 unspecified atom stereocenters. The molecule has 7 nitrogen and oxygen atoms in total. The Morgan fingerprint density at radius 2 is 1.60 bits per heavy atom. The quantitative estimate of drug-likeness (QED) is 0.796. The number of hydrogen-bond acceptors (Lipinski definition) is 4. The Labute approximate surface area is 115 Å². The van der Waals surface area contributed by atoms with Crippen molar-refractivity contribution >= 4 is 29.3 Å². The first-order valence-corrected chi connectivity index (χ1v) is 5.86. The van der Waals surface area contributed by atoms with Crippen molar-refractivity contribution in [3.63, 3.8) is 0 Å². The summed E-state index contributed by atoms with van der Waals surface area (Å²) in [5, 5.41) is 7.75. The largest absolute Gasteiger partial charge is 0.326 e. The van der Waals surface area contributed by atoms with Crippen molar-refractivity contribution in [2.24, 2.45) is 0 Å². The lowest BCUT2D eigenvalue weighted by molar-refractivity contribution is -0.114. The number of anilines is 3. The molecule has 3 N–H and O–H groups in total. The van der Waals surface area contributed by atoms with Gasteiger partial charge < -0.3 is 10.6 Å². The van der Waals surface area contributed by atoms with Gasteiger partial charge >= 0.3 is 6.03 Å². The van der Waals surface area contributed by atoms with E-state index in [1.54, 1.807) is 30.3 Å². The van der Waals surface area contributed by atoms with Gasteiger partial charge in [0.25, 0.3) is 0 Å². The van der Waals surface area contributed by atoms with Crippen molar-refractivity contribution in [3.8, 4) is 0 Å². The molecule has 1 aromatic carbocycles. The summed E-state index contributed by atoms with van der Waals surface area (Å²) < 4.78 is 0. The molecule has 0 saturated heterocycles. The maximum atomic E-state index is 11.7. The number of rotatable bonds is 3. The molecule has 3 amide bonds. The van der Waals surface area contributed by atoms with Gasteiger partial charge in [0.05, 0.1) is 0 Å². The molecule has 0 aliphatic heterocycles. The Bertz CT molecular complexity index is 615. The van der Waals surface area contributed by atoms with Gasteiger partial charge in [0.15, 0.2) is 0 Å². The van der Waals surface area contributed by atoms with Crippen LogP contribution in [0.4, 0.5) is 22.1 Å². The molecule has 20 heavy (non-hydrogen) atoms. The third-order valence-electron chi connectivity index (χ3n) is 2.23. The summed E-state index contributed by atoms with van der Waals surface area (Å²) in [5.41, 5.74) is 1.15. The Morgan fingerprint density at radius 3 is 2.25 bits per heavy atom. The van der Waals surface area contributed by atoms with Crippen LogP contribution in [0.1, 0.15) is 6.92 Å². The van der Waals surface area contributed by atoms with Crippen LogP contribution in [0.15, 0.2) is 42.7 Å².